The van der Waals surface area contributed by atoms with E-state index < -0.39 is 0 Å². The van der Waals surface area contributed by atoms with Crippen LogP contribution in [0.15, 0.2) is 6.20 Å². The molecule has 2 heterocycles. The van der Waals surface area contributed by atoms with Gasteiger partial charge in [-0.2, -0.15) is 5.10 Å². The van der Waals surface area contributed by atoms with Crippen molar-refractivity contribution in [2.24, 2.45) is 0 Å². The summed E-state index contributed by atoms with van der Waals surface area (Å²) in [7, 11) is 0. The molecule has 1 aromatic rings. The van der Waals surface area contributed by atoms with Gasteiger partial charge in [0.15, 0.2) is 0 Å². The molecule has 3 N–H and O–H groups in total. The summed E-state index contributed by atoms with van der Waals surface area (Å²) in [6.45, 7) is 3.56. The molecule has 1 aliphatic heterocycles. The first-order valence-corrected chi connectivity index (χ1v) is 5.46. The predicted molar refractivity (Wildman–Crippen MR) is 64.2 cm³/mol. The lowest BCUT2D eigenvalue weighted by molar-refractivity contribution is 0.0647. The van der Waals surface area contributed by atoms with Crippen molar-refractivity contribution in [2.75, 3.05) is 38.5 Å². The molecule has 90 valence electrons. The SMILES string of the molecule is C#CCN1CCN(C(=O)c2[nH]ncc2N)CC1. The highest BCUT2D eigenvalue weighted by Gasteiger charge is 2.23. The van der Waals surface area contributed by atoms with Crippen LogP contribution in [0.1, 0.15) is 10.5 Å². The first-order chi connectivity index (χ1) is 8.22. The standard InChI is InChI=1S/C11H15N5O/c1-2-3-15-4-6-16(7-5-15)11(17)10-9(12)8-13-14-10/h1,8H,3-7,12H2,(H,13,14). The molecule has 0 aromatic carbocycles. The fourth-order valence-corrected chi connectivity index (χ4v) is 1.86. The Morgan fingerprint density at radius 3 is 2.76 bits per heavy atom. The summed E-state index contributed by atoms with van der Waals surface area (Å²) in [6, 6.07) is 0. The Morgan fingerprint density at radius 2 is 2.24 bits per heavy atom. The number of anilines is 1. The number of carbonyl (C=O) groups is 1. The number of hydrogen-bond donors (Lipinski definition) is 2. The van der Waals surface area contributed by atoms with Crippen molar-refractivity contribution in [2.45, 2.75) is 0 Å². The monoisotopic (exact) mass is 233 g/mol. The van der Waals surface area contributed by atoms with Gasteiger partial charge in [0, 0.05) is 26.2 Å². The lowest BCUT2D eigenvalue weighted by atomic mass is 10.2. The fourth-order valence-electron chi connectivity index (χ4n) is 1.86. The third-order valence-electron chi connectivity index (χ3n) is 2.86. The molecule has 0 atom stereocenters. The van der Waals surface area contributed by atoms with E-state index in [0.29, 0.717) is 31.0 Å². The number of rotatable bonds is 2. The molecule has 6 heteroatoms. The number of nitrogen functional groups attached to an aromatic ring is 1. The highest BCUT2D eigenvalue weighted by molar-refractivity contribution is 5.97. The van der Waals surface area contributed by atoms with E-state index in [1.807, 2.05) is 0 Å². The maximum atomic E-state index is 12.1. The van der Waals surface area contributed by atoms with E-state index in [4.69, 9.17) is 12.2 Å². The molecule has 1 saturated heterocycles. The number of piperazine rings is 1. The van der Waals surface area contributed by atoms with E-state index in [-0.39, 0.29) is 5.91 Å². The topological polar surface area (TPSA) is 78.2 Å². The van der Waals surface area contributed by atoms with Crippen LogP contribution in [-0.2, 0) is 0 Å². The van der Waals surface area contributed by atoms with Crippen molar-refractivity contribution in [1.82, 2.24) is 20.0 Å². The van der Waals surface area contributed by atoms with Gasteiger partial charge in [0.05, 0.1) is 18.4 Å². The molecule has 1 amide bonds. The molecular formula is C11H15N5O. The maximum Gasteiger partial charge on any atom is 0.274 e. The largest absolute Gasteiger partial charge is 0.396 e. The van der Waals surface area contributed by atoms with Crippen LogP contribution in [0.3, 0.4) is 0 Å². The number of aromatic nitrogens is 2. The first kappa shape index (κ1) is 11.5. The van der Waals surface area contributed by atoms with E-state index in [2.05, 4.69) is 21.0 Å². The number of carbonyl (C=O) groups excluding carboxylic acids is 1. The normalized spacial score (nSPS) is 16.8. The van der Waals surface area contributed by atoms with Crippen LogP contribution in [0, 0.1) is 12.3 Å². The summed E-state index contributed by atoms with van der Waals surface area (Å²) in [6.07, 6.45) is 6.70. The quantitative estimate of drug-likeness (QED) is 0.667. The molecule has 0 aliphatic carbocycles. The second-order valence-corrected chi connectivity index (χ2v) is 3.97. The summed E-state index contributed by atoms with van der Waals surface area (Å²) >= 11 is 0. The minimum absolute atomic E-state index is 0.0969. The van der Waals surface area contributed by atoms with Crippen LogP contribution in [0.25, 0.3) is 0 Å². The number of H-pyrrole nitrogens is 1. The molecule has 2 rings (SSSR count). The molecular weight excluding hydrogens is 218 g/mol. The average molecular weight is 233 g/mol. The Bertz CT molecular complexity index is 439. The summed E-state index contributed by atoms with van der Waals surface area (Å²) in [5, 5.41) is 6.37. The van der Waals surface area contributed by atoms with Crippen molar-refractivity contribution in [1.29, 1.82) is 0 Å². The van der Waals surface area contributed by atoms with Gasteiger partial charge in [-0.1, -0.05) is 5.92 Å². The van der Waals surface area contributed by atoms with Crippen molar-refractivity contribution in [3.63, 3.8) is 0 Å². The average Bonchev–Trinajstić information content (AvgIpc) is 2.76. The molecule has 0 radical (unpaired) electrons. The van der Waals surface area contributed by atoms with Gasteiger partial charge in [-0.3, -0.25) is 14.8 Å². The number of amides is 1. The fraction of sp³-hybridized carbons (Fsp3) is 0.455. The van der Waals surface area contributed by atoms with E-state index in [9.17, 15) is 4.79 Å². The van der Waals surface area contributed by atoms with Gasteiger partial charge in [-0.25, -0.2) is 0 Å². The summed E-state index contributed by atoms with van der Waals surface area (Å²) < 4.78 is 0. The lowest BCUT2D eigenvalue weighted by Crippen LogP contribution is -2.48. The third-order valence-corrected chi connectivity index (χ3v) is 2.86. The summed E-state index contributed by atoms with van der Waals surface area (Å²) in [4.78, 5) is 16.0. The summed E-state index contributed by atoms with van der Waals surface area (Å²) in [5.74, 6) is 2.51. The zero-order valence-corrected chi connectivity index (χ0v) is 9.52. The van der Waals surface area contributed by atoms with E-state index >= 15 is 0 Å². The molecule has 0 saturated carbocycles. The van der Waals surface area contributed by atoms with Crippen LogP contribution >= 0.6 is 0 Å². The third kappa shape index (κ3) is 2.40. The zero-order chi connectivity index (χ0) is 12.3. The smallest absolute Gasteiger partial charge is 0.274 e. The molecule has 17 heavy (non-hydrogen) atoms. The highest BCUT2D eigenvalue weighted by atomic mass is 16.2. The number of terminal acetylenes is 1. The molecule has 0 bridgehead atoms. The number of hydrogen-bond acceptors (Lipinski definition) is 4. The number of nitrogens with two attached hydrogens (primary N) is 1. The minimum Gasteiger partial charge on any atom is -0.396 e. The van der Waals surface area contributed by atoms with Crippen molar-refractivity contribution >= 4 is 11.6 Å². The van der Waals surface area contributed by atoms with Gasteiger partial charge < -0.3 is 10.6 Å². The van der Waals surface area contributed by atoms with Crippen molar-refractivity contribution < 1.29 is 4.79 Å². The van der Waals surface area contributed by atoms with Gasteiger partial charge in [0.1, 0.15) is 5.69 Å². The van der Waals surface area contributed by atoms with Crippen LogP contribution in [0.5, 0.6) is 0 Å². The molecule has 1 aliphatic rings. The van der Waals surface area contributed by atoms with Gasteiger partial charge in [-0.05, 0) is 0 Å². The molecule has 0 spiro atoms. The van der Waals surface area contributed by atoms with Crippen molar-refractivity contribution in [3.8, 4) is 12.3 Å². The molecule has 1 fully saturated rings. The Hall–Kier alpha value is -2.00. The van der Waals surface area contributed by atoms with Crippen LogP contribution in [-0.4, -0.2) is 58.6 Å². The van der Waals surface area contributed by atoms with Crippen molar-refractivity contribution in [3.05, 3.63) is 11.9 Å². The summed E-state index contributed by atoms with van der Waals surface area (Å²) in [5.41, 5.74) is 6.41. The van der Waals surface area contributed by atoms with Crippen LogP contribution < -0.4 is 5.73 Å². The number of nitrogens with zero attached hydrogens (tertiary/aromatic N) is 3. The molecule has 0 unspecified atom stereocenters. The van der Waals surface area contributed by atoms with Crippen LogP contribution in [0.2, 0.25) is 0 Å². The Kier molecular flexibility index (Phi) is 3.30. The lowest BCUT2D eigenvalue weighted by Gasteiger charge is -2.33. The zero-order valence-electron chi connectivity index (χ0n) is 9.52. The van der Waals surface area contributed by atoms with Gasteiger partial charge in [0.25, 0.3) is 5.91 Å². The second kappa shape index (κ2) is 4.89. The van der Waals surface area contributed by atoms with Gasteiger partial charge in [-0.15, -0.1) is 6.42 Å². The maximum absolute atomic E-state index is 12.1. The predicted octanol–water partition coefficient (Wildman–Crippen LogP) is -0.617. The first-order valence-electron chi connectivity index (χ1n) is 5.46. The Balaban J connectivity index is 1.96. The Morgan fingerprint density at radius 1 is 1.53 bits per heavy atom. The Labute approximate surface area is 99.8 Å². The second-order valence-electron chi connectivity index (χ2n) is 3.97. The highest BCUT2D eigenvalue weighted by Crippen LogP contribution is 2.11. The van der Waals surface area contributed by atoms with E-state index in [0.717, 1.165) is 13.1 Å². The van der Waals surface area contributed by atoms with Crippen LogP contribution in [0.4, 0.5) is 5.69 Å². The van der Waals surface area contributed by atoms with Gasteiger partial charge in [0.2, 0.25) is 0 Å². The van der Waals surface area contributed by atoms with E-state index in [1.165, 1.54) is 6.20 Å². The number of nitrogens with one attached hydrogen (secondary N) is 1. The van der Waals surface area contributed by atoms with Gasteiger partial charge >= 0.3 is 0 Å². The molecule has 6 nitrogen and oxygen atoms in total. The minimum atomic E-state index is -0.0969. The molecule has 1 aromatic heterocycles. The number of aromatic amines is 1. The van der Waals surface area contributed by atoms with E-state index in [1.54, 1.807) is 4.90 Å².